The van der Waals surface area contributed by atoms with Gasteiger partial charge >= 0.3 is 0 Å². The Hall–Kier alpha value is -4.27. The van der Waals surface area contributed by atoms with E-state index in [9.17, 15) is 9.59 Å². The first-order chi connectivity index (χ1) is 17.6. The van der Waals surface area contributed by atoms with E-state index < -0.39 is 0 Å². The summed E-state index contributed by atoms with van der Waals surface area (Å²) in [5.41, 5.74) is 4.00. The molecule has 9 heteroatoms. The highest BCUT2D eigenvalue weighted by atomic mass is 16.5. The van der Waals surface area contributed by atoms with E-state index in [0.717, 1.165) is 41.2 Å². The Labute approximate surface area is 209 Å². The van der Waals surface area contributed by atoms with Crippen LogP contribution >= 0.6 is 0 Å². The maximum Gasteiger partial charge on any atom is 0.257 e. The van der Waals surface area contributed by atoms with Crippen molar-refractivity contribution < 1.29 is 14.3 Å². The fraction of sp³-hybridized carbons (Fsp3) is 0.296. The molecule has 0 spiro atoms. The van der Waals surface area contributed by atoms with Crippen molar-refractivity contribution in [1.82, 2.24) is 24.4 Å². The zero-order valence-electron chi connectivity index (χ0n) is 20.5. The summed E-state index contributed by atoms with van der Waals surface area (Å²) in [7, 11) is 3.30. The van der Waals surface area contributed by atoms with Gasteiger partial charge in [-0.1, -0.05) is 0 Å². The lowest BCUT2D eigenvalue weighted by Gasteiger charge is -2.31. The minimum Gasteiger partial charge on any atom is -0.497 e. The molecule has 4 aromatic rings. The van der Waals surface area contributed by atoms with Gasteiger partial charge in [0.25, 0.3) is 5.91 Å². The smallest absolute Gasteiger partial charge is 0.257 e. The lowest BCUT2D eigenvalue weighted by Crippen LogP contribution is -2.39. The zero-order valence-corrected chi connectivity index (χ0v) is 20.5. The van der Waals surface area contributed by atoms with Crippen molar-refractivity contribution in [3.05, 3.63) is 72.8 Å². The number of anilines is 2. The molecule has 0 atom stereocenters. The highest BCUT2D eigenvalue weighted by Gasteiger charge is 2.26. The van der Waals surface area contributed by atoms with Crippen LogP contribution in [0.1, 0.15) is 29.6 Å². The lowest BCUT2D eigenvalue weighted by atomic mass is 9.93. The number of hydrogen-bond donors (Lipinski definition) is 2. The average Bonchev–Trinajstić information content (AvgIpc) is 3.59. The maximum atomic E-state index is 13.4. The Balaban J connectivity index is 1.37. The van der Waals surface area contributed by atoms with E-state index in [0.29, 0.717) is 31.0 Å². The monoisotopic (exact) mass is 486 g/mol. The van der Waals surface area contributed by atoms with Crippen LogP contribution in [0, 0.1) is 5.92 Å². The molecule has 0 radical (unpaired) electrons. The third-order valence-electron chi connectivity index (χ3n) is 6.77. The van der Waals surface area contributed by atoms with Crippen molar-refractivity contribution in [1.29, 1.82) is 0 Å². The zero-order chi connectivity index (χ0) is 25.1. The van der Waals surface area contributed by atoms with E-state index in [-0.39, 0.29) is 11.8 Å². The Morgan fingerprint density at radius 3 is 2.58 bits per heavy atom. The molecular formula is C27H30N6O3. The van der Waals surface area contributed by atoms with Gasteiger partial charge in [-0.2, -0.15) is 5.10 Å². The van der Waals surface area contributed by atoms with Gasteiger partial charge in [-0.25, -0.2) is 4.52 Å². The number of fused-ring (bicyclic) bond motifs is 1. The Kier molecular flexibility index (Phi) is 6.62. The van der Waals surface area contributed by atoms with Gasteiger partial charge in [0, 0.05) is 56.9 Å². The molecule has 0 unspecified atom stereocenters. The van der Waals surface area contributed by atoms with E-state index in [1.165, 1.54) is 0 Å². The van der Waals surface area contributed by atoms with Crippen LogP contribution in [-0.2, 0) is 4.79 Å². The van der Waals surface area contributed by atoms with Crippen LogP contribution in [0.5, 0.6) is 5.75 Å². The number of hydrogen-bond acceptors (Lipinski definition) is 5. The summed E-state index contributed by atoms with van der Waals surface area (Å²) in [6, 6.07) is 13.7. The van der Waals surface area contributed by atoms with Crippen molar-refractivity contribution in [2.45, 2.75) is 19.3 Å². The van der Waals surface area contributed by atoms with Crippen LogP contribution in [0.25, 0.3) is 11.2 Å². The number of rotatable bonds is 7. The molecule has 1 fully saturated rings. The predicted molar refractivity (Wildman–Crippen MR) is 138 cm³/mol. The van der Waals surface area contributed by atoms with Crippen molar-refractivity contribution in [2.24, 2.45) is 5.92 Å². The number of benzene rings is 1. The van der Waals surface area contributed by atoms with Gasteiger partial charge in [0.2, 0.25) is 5.91 Å². The number of amides is 2. The topological polar surface area (TPSA) is 92.9 Å². The largest absolute Gasteiger partial charge is 0.497 e. The molecular weight excluding hydrogens is 456 g/mol. The van der Waals surface area contributed by atoms with Crippen molar-refractivity contribution in [2.75, 3.05) is 32.6 Å². The van der Waals surface area contributed by atoms with Crippen LogP contribution in [0.2, 0.25) is 0 Å². The lowest BCUT2D eigenvalue weighted by molar-refractivity contribution is -0.121. The molecule has 186 valence electrons. The highest BCUT2D eigenvalue weighted by molar-refractivity contribution is 6.01. The minimum atomic E-state index is -0.0325. The molecule has 36 heavy (non-hydrogen) atoms. The van der Waals surface area contributed by atoms with E-state index in [1.54, 1.807) is 24.9 Å². The molecule has 0 saturated carbocycles. The van der Waals surface area contributed by atoms with Gasteiger partial charge in [-0.15, -0.1) is 0 Å². The van der Waals surface area contributed by atoms with Gasteiger partial charge < -0.3 is 24.8 Å². The standard InChI is InChI=1S/C27H30N6O3/c1-28-26(34)15-19-7-12-32(13-8-19)27(35)22-18-29-33-14-9-20(16-25(22)33)30-23-17-21(36-2)5-6-24(23)31-10-3-4-11-31/h3-6,9-11,14,16-19,30H,7-8,12-13,15H2,1-2H3,(H,28,34). The summed E-state index contributed by atoms with van der Waals surface area (Å²) < 4.78 is 9.19. The average molecular weight is 487 g/mol. The molecule has 1 aliphatic heterocycles. The highest BCUT2D eigenvalue weighted by Crippen LogP contribution is 2.30. The molecule has 0 aliphatic carbocycles. The number of piperidine rings is 1. The number of nitrogens with zero attached hydrogens (tertiary/aromatic N) is 4. The quantitative estimate of drug-likeness (QED) is 0.414. The molecule has 4 heterocycles. The summed E-state index contributed by atoms with van der Waals surface area (Å²) >= 11 is 0. The van der Waals surface area contributed by atoms with E-state index >= 15 is 0 Å². The van der Waals surface area contributed by atoms with Gasteiger partial charge in [0.1, 0.15) is 5.75 Å². The normalized spacial score (nSPS) is 14.1. The number of pyridine rings is 1. The number of nitrogens with one attached hydrogen (secondary N) is 2. The fourth-order valence-corrected chi connectivity index (χ4v) is 4.72. The van der Waals surface area contributed by atoms with Crippen LogP contribution in [0.15, 0.2) is 67.3 Å². The molecule has 3 aromatic heterocycles. The van der Waals surface area contributed by atoms with E-state index in [4.69, 9.17) is 4.74 Å². The predicted octanol–water partition coefficient (Wildman–Crippen LogP) is 3.87. The molecule has 1 saturated heterocycles. The Morgan fingerprint density at radius 1 is 1.08 bits per heavy atom. The maximum absolute atomic E-state index is 13.4. The molecule has 5 rings (SSSR count). The van der Waals surface area contributed by atoms with Gasteiger partial charge in [0.15, 0.2) is 0 Å². The van der Waals surface area contributed by atoms with Crippen molar-refractivity contribution in [3.8, 4) is 11.4 Å². The SMILES string of the molecule is CNC(=O)CC1CCN(C(=O)c2cnn3ccc(Nc4cc(OC)ccc4-n4cccc4)cc23)CC1. The first-order valence-electron chi connectivity index (χ1n) is 12.1. The molecule has 1 aliphatic rings. The summed E-state index contributed by atoms with van der Waals surface area (Å²) in [5.74, 6) is 1.08. The van der Waals surface area contributed by atoms with Gasteiger partial charge in [-0.05, 0) is 55.2 Å². The van der Waals surface area contributed by atoms with Crippen LogP contribution in [0.3, 0.4) is 0 Å². The van der Waals surface area contributed by atoms with E-state index in [2.05, 4.69) is 15.7 Å². The number of carbonyl (C=O) groups is 2. The second-order valence-corrected chi connectivity index (χ2v) is 9.01. The third-order valence-corrected chi connectivity index (χ3v) is 6.77. The van der Waals surface area contributed by atoms with Gasteiger partial charge in [0.05, 0.1) is 35.8 Å². The number of methoxy groups -OCH3 is 1. The van der Waals surface area contributed by atoms with Crippen LogP contribution in [0.4, 0.5) is 11.4 Å². The Morgan fingerprint density at radius 2 is 1.86 bits per heavy atom. The second kappa shape index (κ2) is 10.2. The van der Waals surface area contributed by atoms with Gasteiger partial charge in [-0.3, -0.25) is 9.59 Å². The first kappa shape index (κ1) is 23.5. The fourth-order valence-electron chi connectivity index (χ4n) is 4.72. The number of ether oxygens (including phenoxy) is 1. The van der Waals surface area contributed by atoms with Crippen LogP contribution < -0.4 is 15.4 Å². The van der Waals surface area contributed by atoms with Crippen molar-refractivity contribution in [3.63, 3.8) is 0 Å². The minimum absolute atomic E-state index is 0.0325. The summed E-state index contributed by atoms with van der Waals surface area (Å²) in [4.78, 5) is 26.9. The molecule has 9 nitrogen and oxygen atoms in total. The van der Waals surface area contributed by atoms with E-state index in [1.807, 2.05) is 70.5 Å². The number of aromatic nitrogens is 3. The summed E-state index contributed by atoms with van der Waals surface area (Å²) in [6.45, 7) is 1.28. The molecule has 2 amide bonds. The number of carbonyl (C=O) groups excluding carboxylic acids is 2. The molecule has 2 N–H and O–H groups in total. The Bertz CT molecular complexity index is 1370. The van der Waals surface area contributed by atoms with Crippen LogP contribution in [-0.4, -0.2) is 58.1 Å². The molecule has 0 bridgehead atoms. The summed E-state index contributed by atoms with van der Waals surface area (Å²) in [5, 5.41) is 10.6. The molecule has 1 aromatic carbocycles. The third kappa shape index (κ3) is 4.77. The first-order valence-corrected chi connectivity index (χ1v) is 12.1. The second-order valence-electron chi connectivity index (χ2n) is 9.01. The number of likely N-dealkylation sites (tertiary alicyclic amines) is 1. The summed E-state index contributed by atoms with van der Waals surface area (Å²) in [6.07, 6.45) is 9.61. The van der Waals surface area contributed by atoms with Crippen molar-refractivity contribution >= 4 is 28.7 Å².